The van der Waals surface area contributed by atoms with Crippen molar-refractivity contribution in [2.75, 3.05) is 20.2 Å². The summed E-state index contributed by atoms with van der Waals surface area (Å²) in [5.41, 5.74) is 4.34. The van der Waals surface area contributed by atoms with Crippen LogP contribution in [0.25, 0.3) is 11.1 Å². The third kappa shape index (κ3) is 5.02. The third-order valence-corrected chi connectivity index (χ3v) is 5.81. The van der Waals surface area contributed by atoms with E-state index in [4.69, 9.17) is 9.47 Å². The largest absolute Gasteiger partial charge is 0.481 e. The van der Waals surface area contributed by atoms with Gasteiger partial charge in [0.25, 0.3) is 0 Å². The molecule has 0 atom stereocenters. The van der Waals surface area contributed by atoms with Crippen molar-refractivity contribution in [2.24, 2.45) is 0 Å². The fourth-order valence-electron chi connectivity index (χ4n) is 4.04. The molecule has 0 bridgehead atoms. The Balaban J connectivity index is 1.48. The van der Waals surface area contributed by atoms with Crippen LogP contribution in [-0.2, 0) is 13.2 Å². The summed E-state index contributed by atoms with van der Waals surface area (Å²) >= 11 is 0. The fourth-order valence-corrected chi connectivity index (χ4v) is 4.04. The quantitative estimate of drug-likeness (QED) is 0.527. The Hall–Kier alpha value is -2.99. The van der Waals surface area contributed by atoms with Gasteiger partial charge in [0.2, 0.25) is 5.88 Å². The number of aromatic nitrogens is 2. The zero-order chi connectivity index (χ0) is 21.6. The number of benzene rings is 2. The summed E-state index contributed by atoms with van der Waals surface area (Å²) in [4.78, 5) is 11.3. The normalized spacial score (nSPS) is 14.4. The van der Waals surface area contributed by atoms with Crippen LogP contribution in [0.3, 0.4) is 0 Å². The van der Waals surface area contributed by atoms with E-state index in [-0.39, 0.29) is 11.8 Å². The van der Waals surface area contributed by atoms with Crippen molar-refractivity contribution in [1.82, 2.24) is 14.9 Å². The van der Waals surface area contributed by atoms with E-state index in [9.17, 15) is 4.39 Å². The second-order valence-corrected chi connectivity index (χ2v) is 7.88. The van der Waals surface area contributed by atoms with Gasteiger partial charge in [0.15, 0.2) is 0 Å². The van der Waals surface area contributed by atoms with Gasteiger partial charge in [-0.15, -0.1) is 0 Å². The van der Waals surface area contributed by atoms with Gasteiger partial charge in [-0.3, -0.25) is 4.90 Å². The highest BCUT2D eigenvalue weighted by atomic mass is 19.1. The zero-order valence-corrected chi connectivity index (χ0v) is 18.1. The van der Waals surface area contributed by atoms with Crippen LogP contribution in [-0.4, -0.2) is 35.1 Å². The summed E-state index contributed by atoms with van der Waals surface area (Å²) in [5, 5.41) is 0. The molecule has 0 N–H and O–H groups in total. The number of piperidine rings is 1. The topological polar surface area (TPSA) is 47.5 Å². The number of likely N-dealkylation sites (tertiary alicyclic amines) is 1. The number of methoxy groups -OCH3 is 1. The first-order chi connectivity index (χ1) is 15.2. The van der Waals surface area contributed by atoms with Crippen LogP contribution in [0.5, 0.6) is 11.9 Å². The minimum Gasteiger partial charge on any atom is -0.481 e. The summed E-state index contributed by atoms with van der Waals surface area (Å²) in [6, 6.07) is 12.9. The van der Waals surface area contributed by atoms with Crippen molar-refractivity contribution < 1.29 is 13.9 Å². The molecule has 0 saturated carbocycles. The first-order valence-corrected chi connectivity index (χ1v) is 10.7. The van der Waals surface area contributed by atoms with Crippen LogP contribution in [0.15, 0.2) is 48.7 Å². The molecule has 0 unspecified atom stereocenters. The Bertz CT molecular complexity index is 1040. The van der Waals surface area contributed by atoms with E-state index < -0.39 is 0 Å². The van der Waals surface area contributed by atoms with E-state index in [0.29, 0.717) is 18.1 Å². The molecule has 0 spiro atoms. The second kappa shape index (κ2) is 9.88. The van der Waals surface area contributed by atoms with Gasteiger partial charge in [-0.05, 0) is 55.6 Å². The van der Waals surface area contributed by atoms with Crippen molar-refractivity contribution in [3.8, 4) is 23.0 Å². The summed E-state index contributed by atoms with van der Waals surface area (Å²) in [6.07, 6.45) is 5.55. The van der Waals surface area contributed by atoms with Crippen molar-refractivity contribution in [3.63, 3.8) is 0 Å². The fraction of sp³-hybridized carbons (Fsp3) is 0.360. The van der Waals surface area contributed by atoms with Crippen LogP contribution < -0.4 is 9.47 Å². The lowest BCUT2D eigenvalue weighted by atomic mass is 9.96. The molecule has 0 amide bonds. The maximum atomic E-state index is 14.3. The van der Waals surface area contributed by atoms with E-state index in [1.807, 2.05) is 31.2 Å². The van der Waals surface area contributed by atoms with Gasteiger partial charge < -0.3 is 9.47 Å². The zero-order valence-electron chi connectivity index (χ0n) is 18.1. The van der Waals surface area contributed by atoms with Crippen molar-refractivity contribution in [2.45, 2.75) is 39.3 Å². The average molecular weight is 422 g/mol. The molecular weight excluding hydrogens is 393 g/mol. The number of hydrogen-bond acceptors (Lipinski definition) is 5. The molecule has 0 aliphatic carbocycles. The molecular formula is C25H28FN3O2. The molecule has 2 heterocycles. The Morgan fingerprint density at radius 1 is 0.968 bits per heavy atom. The minimum atomic E-state index is -0.235. The van der Waals surface area contributed by atoms with E-state index in [1.54, 1.807) is 25.4 Å². The molecule has 1 aromatic heterocycles. The number of rotatable bonds is 7. The SMILES string of the molecule is COc1nc(OCc2cccc(-c3ccccc3F)c2C)ncc1CN1CCCCC1. The molecule has 6 heteroatoms. The molecule has 0 radical (unpaired) electrons. The van der Waals surface area contributed by atoms with Gasteiger partial charge in [0.1, 0.15) is 12.4 Å². The molecule has 1 saturated heterocycles. The number of ether oxygens (including phenoxy) is 2. The number of nitrogens with zero attached hydrogens (tertiary/aromatic N) is 3. The van der Waals surface area contributed by atoms with Gasteiger partial charge in [-0.25, -0.2) is 9.37 Å². The summed E-state index contributed by atoms with van der Waals surface area (Å²) in [6.45, 7) is 5.25. The van der Waals surface area contributed by atoms with Gasteiger partial charge >= 0.3 is 6.01 Å². The molecule has 1 fully saturated rings. The van der Waals surface area contributed by atoms with Crippen molar-refractivity contribution >= 4 is 0 Å². The van der Waals surface area contributed by atoms with Gasteiger partial charge in [0, 0.05) is 23.9 Å². The summed E-state index contributed by atoms with van der Waals surface area (Å²) < 4.78 is 25.6. The Morgan fingerprint density at radius 2 is 1.74 bits per heavy atom. The molecule has 31 heavy (non-hydrogen) atoms. The molecule has 1 aliphatic rings. The van der Waals surface area contributed by atoms with Crippen molar-refractivity contribution in [3.05, 3.63) is 71.2 Å². The standard InChI is InChI=1S/C25H28FN3O2/c1-18-19(9-8-11-21(18)22-10-4-5-12-23(22)26)17-31-25-27-15-20(24(28-25)30-2)16-29-13-6-3-7-14-29/h4-5,8-12,15H,3,6-7,13-14,16-17H2,1-2H3. The van der Waals surface area contributed by atoms with Gasteiger partial charge in [-0.2, -0.15) is 4.98 Å². The highest BCUT2D eigenvalue weighted by Crippen LogP contribution is 2.28. The molecule has 5 nitrogen and oxygen atoms in total. The van der Waals surface area contributed by atoms with Crippen molar-refractivity contribution in [1.29, 1.82) is 0 Å². The smallest absolute Gasteiger partial charge is 0.320 e. The lowest BCUT2D eigenvalue weighted by molar-refractivity contribution is 0.215. The van der Waals surface area contributed by atoms with Crippen LogP contribution >= 0.6 is 0 Å². The second-order valence-electron chi connectivity index (χ2n) is 7.88. The molecule has 162 valence electrons. The highest BCUT2D eigenvalue weighted by molar-refractivity contribution is 5.69. The lowest BCUT2D eigenvalue weighted by Crippen LogP contribution is -2.29. The Morgan fingerprint density at radius 3 is 2.52 bits per heavy atom. The Kier molecular flexibility index (Phi) is 6.77. The number of halogens is 1. The summed E-state index contributed by atoms with van der Waals surface area (Å²) in [5.74, 6) is 0.313. The first-order valence-electron chi connectivity index (χ1n) is 10.7. The first kappa shape index (κ1) is 21.2. The highest BCUT2D eigenvalue weighted by Gasteiger charge is 2.16. The third-order valence-electron chi connectivity index (χ3n) is 5.81. The maximum Gasteiger partial charge on any atom is 0.320 e. The van der Waals surface area contributed by atoms with Crippen LogP contribution in [0.2, 0.25) is 0 Å². The predicted octanol–water partition coefficient (Wildman–Crippen LogP) is 5.16. The van der Waals surface area contributed by atoms with Crippen LogP contribution in [0.4, 0.5) is 4.39 Å². The van der Waals surface area contributed by atoms with Crippen LogP contribution in [0, 0.1) is 12.7 Å². The van der Waals surface area contributed by atoms with E-state index in [2.05, 4.69) is 14.9 Å². The van der Waals surface area contributed by atoms with Crippen LogP contribution in [0.1, 0.15) is 36.0 Å². The van der Waals surface area contributed by atoms with Gasteiger partial charge in [-0.1, -0.05) is 42.8 Å². The Labute approximate surface area is 182 Å². The molecule has 4 rings (SSSR count). The average Bonchev–Trinajstić information content (AvgIpc) is 2.80. The predicted molar refractivity (Wildman–Crippen MR) is 119 cm³/mol. The lowest BCUT2D eigenvalue weighted by Gasteiger charge is -2.26. The van der Waals surface area contributed by atoms with E-state index >= 15 is 0 Å². The minimum absolute atomic E-state index is 0.235. The summed E-state index contributed by atoms with van der Waals surface area (Å²) in [7, 11) is 1.62. The molecule has 1 aliphatic heterocycles. The maximum absolute atomic E-state index is 14.3. The molecule has 3 aromatic rings. The van der Waals surface area contributed by atoms with E-state index in [1.165, 1.54) is 25.3 Å². The van der Waals surface area contributed by atoms with E-state index in [0.717, 1.165) is 41.9 Å². The monoisotopic (exact) mass is 421 g/mol. The van der Waals surface area contributed by atoms with Gasteiger partial charge in [0.05, 0.1) is 7.11 Å². The number of hydrogen-bond donors (Lipinski definition) is 0. The molecule has 2 aromatic carbocycles.